The quantitative estimate of drug-likeness (QED) is 0.782. The van der Waals surface area contributed by atoms with Crippen LogP contribution in [0.15, 0.2) is 0 Å². The van der Waals surface area contributed by atoms with E-state index in [-0.39, 0.29) is 18.1 Å². The first kappa shape index (κ1) is 12.4. The van der Waals surface area contributed by atoms with E-state index >= 15 is 0 Å². The highest BCUT2D eigenvalue weighted by Crippen LogP contribution is 2.41. The van der Waals surface area contributed by atoms with Crippen LogP contribution in [0.25, 0.3) is 0 Å². The molecule has 0 aliphatic carbocycles. The number of hydrogen-bond donors (Lipinski definition) is 1. The summed E-state index contributed by atoms with van der Waals surface area (Å²) in [7, 11) is 2.12. The Kier molecular flexibility index (Phi) is 3.30. The van der Waals surface area contributed by atoms with Gasteiger partial charge in [-0.15, -0.1) is 0 Å². The molecule has 3 aliphatic heterocycles. The van der Waals surface area contributed by atoms with Crippen molar-refractivity contribution in [3.63, 3.8) is 0 Å². The van der Waals surface area contributed by atoms with E-state index in [1.165, 1.54) is 0 Å². The molecule has 0 aromatic heterocycles. The largest absolute Gasteiger partial charge is 0.481 e. The molecule has 5 nitrogen and oxygen atoms in total. The fourth-order valence-corrected chi connectivity index (χ4v) is 3.86. The SMILES string of the molecule is CN1CCOC(CN2C3CCC2C(C(=O)O)C3)C1. The van der Waals surface area contributed by atoms with Crippen molar-refractivity contribution in [1.29, 1.82) is 0 Å². The maximum absolute atomic E-state index is 11.2. The number of rotatable bonds is 3. The molecule has 1 N–H and O–H groups in total. The number of hydrogen-bond acceptors (Lipinski definition) is 4. The van der Waals surface area contributed by atoms with E-state index in [1.54, 1.807) is 0 Å². The van der Waals surface area contributed by atoms with E-state index in [2.05, 4.69) is 16.8 Å². The first-order chi connectivity index (χ1) is 8.65. The molecule has 0 spiro atoms. The lowest BCUT2D eigenvalue weighted by Gasteiger charge is -2.34. The molecular weight excluding hydrogens is 232 g/mol. The van der Waals surface area contributed by atoms with Crippen LogP contribution in [0.5, 0.6) is 0 Å². The molecule has 0 radical (unpaired) electrons. The maximum atomic E-state index is 11.2. The Labute approximate surface area is 108 Å². The van der Waals surface area contributed by atoms with Gasteiger partial charge < -0.3 is 14.7 Å². The predicted octanol–water partition coefficient (Wildman–Crippen LogP) is 0.255. The van der Waals surface area contributed by atoms with Crippen LogP contribution in [-0.2, 0) is 9.53 Å². The summed E-state index contributed by atoms with van der Waals surface area (Å²) in [5.41, 5.74) is 0. The van der Waals surface area contributed by atoms with Gasteiger partial charge in [-0.25, -0.2) is 0 Å². The Hall–Kier alpha value is -0.650. The van der Waals surface area contributed by atoms with Crippen LogP contribution in [0, 0.1) is 5.92 Å². The van der Waals surface area contributed by atoms with Gasteiger partial charge in [0.2, 0.25) is 0 Å². The van der Waals surface area contributed by atoms with Gasteiger partial charge in [-0.1, -0.05) is 0 Å². The molecule has 0 amide bonds. The van der Waals surface area contributed by atoms with Crippen molar-refractivity contribution in [2.24, 2.45) is 5.92 Å². The first-order valence-corrected chi connectivity index (χ1v) is 6.94. The highest BCUT2D eigenvalue weighted by Gasteiger charge is 2.49. The van der Waals surface area contributed by atoms with E-state index in [1.807, 2.05) is 0 Å². The van der Waals surface area contributed by atoms with Gasteiger partial charge >= 0.3 is 5.97 Å². The van der Waals surface area contributed by atoms with Crippen LogP contribution < -0.4 is 0 Å². The van der Waals surface area contributed by atoms with Crippen LogP contribution in [0.1, 0.15) is 19.3 Å². The van der Waals surface area contributed by atoms with Gasteiger partial charge in [-0.3, -0.25) is 9.69 Å². The van der Waals surface area contributed by atoms with Crippen molar-refractivity contribution in [3.8, 4) is 0 Å². The van der Waals surface area contributed by atoms with E-state index < -0.39 is 5.97 Å². The molecular formula is C13H22N2O3. The number of morpholine rings is 1. The van der Waals surface area contributed by atoms with Crippen LogP contribution >= 0.6 is 0 Å². The smallest absolute Gasteiger partial charge is 0.308 e. The molecule has 3 heterocycles. The Morgan fingerprint density at radius 1 is 1.44 bits per heavy atom. The summed E-state index contributed by atoms with van der Waals surface area (Å²) in [5, 5.41) is 9.23. The number of ether oxygens (including phenoxy) is 1. The van der Waals surface area contributed by atoms with E-state index in [9.17, 15) is 9.90 Å². The molecule has 5 heteroatoms. The van der Waals surface area contributed by atoms with Crippen molar-refractivity contribution in [2.45, 2.75) is 37.5 Å². The minimum atomic E-state index is -0.617. The van der Waals surface area contributed by atoms with Crippen molar-refractivity contribution in [2.75, 3.05) is 33.3 Å². The highest BCUT2D eigenvalue weighted by molar-refractivity contribution is 5.71. The third-order valence-corrected chi connectivity index (χ3v) is 4.75. The standard InChI is InChI=1S/C13H22N2O3/c1-14-4-5-18-10(7-14)8-15-9-2-3-12(15)11(6-9)13(16)17/h9-12H,2-8H2,1H3,(H,16,17). The molecule has 102 valence electrons. The van der Waals surface area contributed by atoms with Crippen molar-refractivity contribution in [3.05, 3.63) is 0 Å². The zero-order valence-electron chi connectivity index (χ0n) is 10.9. The second-order valence-corrected chi connectivity index (χ2v) is 5.93. The van der Waals surface area contributed by atoms with Crippen LogP contribution in [0.3, 0.4) is 0 Å². The number of fused-ring (bicyclic) bond motifs is 2. The Morgan fingerprint density at radius 2 is 2.28 bits per heavy atom. The minimum Gasteiger partial charge on any atom is -0.481 e. The summed E-state index contributed by atoms with van der Waals surface area (Å²) in [5.74, 6) is -0.765. The van der Waals surface area contributed by atoms with Crippen molar-refractivity contribution in [1.82, 2.24) is 9.80 Å². The lowest BCUT2D eigenvalue weighted by atomic mass is 9.89. The number of carboxylic acids is 1. The van der Waals surface area contributed by atoms with Gasteiger partial charge in [0, 0.05) is 31.7 Å². The van der Waals surface area contributed by atoms with Gasteiger partial charge in [-0.05, 0) is 26.3 Å². The van der Waals surface area contributed by atoms with Crippen LogP contribution in [0.2, 0.25) is 0 Å². The second kappa shape index (κ2) is 4.79. The molecule has 18 heavy (non-hydrogen) atoms. The van der Waals surface area contributed by atoms with E-state index in [0.29, 0.717) is 6.04 Å². The fraction of sp³-hybridized carbons (Fsp3) is 0.923. The molecule has 3 fully saturated rings. The molecule has 0 aromatic rings. The van der Waals surface area contributed by atoms with E-state index in [4.69, 9.17) is 4.74 Å². The Balaban J connectivity index is 1.62. The third-order valence-electron chi connectivity index (χ3n) is 4.75. The molecule has 0 saturated carbocycles. The first-order valence-electron chi connectivity index (χ1n) is 6.94. The fourth-order valence-electron chi connectivity index (χ4n) is 3.86. The molecule has 3 rings (SSSR count). The molecule has 4 unspecified atom stereocenters. The van der Waals surface area contributed by atoms with Gasteiger partial charge in [0.25, 0.3) is 0 Å². The van der Waals surface area contributed by atoms with Gasteiger partial charge in [0.1, 0.15) is 0 Å². The maximum Gasteiger partial charge on any atom is 0.308 e. The summed E-state index contributed by atoms with van der Waals surface area (Å²) in [4.78, 5) is 15.9. The topological polar surface area (TPSA) is 53.0 Å². The minimum absolute atomic E-state index is 0.148. The number of carbonyl (C=O) groups is 1. The van der Waals surface area contributed by atoms with Crippen LogP contribution in [0.4, 0.5) is 0 Å². The Morgan fingerprint density at radius 3 is 2.94 bits per heavy atom. The summed E-state index contributed by atoms with van der Waals surface area (Å²) in [6.07, 6.45) is 3.29. The van der Waals surface area contributed by atoms with Crippen LogP contribution in [-0.4, -0.2) is 72.4 Å². The second-order valence-electron chi connectivity index (χ2n) is 5.93. The molecule has 4 atom stereocenters. The molecule has 3 saturated heterocycles. The summed E-state index contributed by atoms with van der Waals surface area (Å²) < 4.78 is 5.80. The Bertz CT molecular complexity index is 336. The number of likely N-dealkylation sites (N-methyl/N-ethyl adjacent to an activating group) is 1. The van der Waals surface area contributed by atoms with Gasteiger partial charge in [0.05, 0.1) is 18.6 Å². The lowest BCUT2D eigenvalue weighted by Crippen LogP contribution is -2.47. The lowest BCUT2D eigenvalue weighted by molar-refractivity contribution is -0.142. The summed E-state index contributed by atoms with van der Waals surface area (Å²) in [6.45, 7) is 3.67. The molecule has 0 aromatic carbocycles. The van der Waals surface area contributed by atoms with Gasteiger partial charge in [-0.2, -0.15) is 0 Å². The third kappa shape index (κ3) is 2.15. The normalized spacial score (nSPS) is 41.4. The zero-order chi connectivity index (χ0) is 12.7. The molecule has 3 aliphatic rings. The van der Waals surface area contributed by atoms with Crippen molar-refractivity contribution >= 4 is 5.97 Å². The van der Waals surface area contributed by atoms with Gasteiger partial charge in [0.15, 0.2) is 0 Å². The number of nitrogens with zero attached hydrogens (tertiary/aromatic N) is 2. The monoisotopic (exact) mass is 254 g/mol. The predicted molar refractivity (Wildman–Crippen MR) is 66.5 cm³/mol. The van der Waals surface area contributed by atoms with E-state index in [0.717, 1.165) is 45.5 Å². The summed E-state index contributed by atoms with van der Waals surface area (Å²) in [6, 6.07) is 0.732. The average Bonchev–Trinajstić information content (AvgIpc) is 2.86. The zero-order valence-corrected chi connectivity index (χ0v) is 10.9. The van der Waals surface area contributed by atoms with Crippen molar-refractivity contribution < 1.29 is 14.6 Å². The summed E-state index contributed by atoms with van der Waals surface area (Å²) >= 11 is 0. The number of aliphatic carboxylic acids is 1. The highest BCUT2D eigenvalue weighted by atomic mass is 16.5. The molecule has 2 bridgehead atoms. The number of carboxylic acid groups (broad SMARTS) is 1. The average molecular weight is 254 g/mol.